The summed E-state index contributed by atoms with van der Waals surface area (Å²) in [6.45, 7) is 3.34. The molecule has 11 heteroatoms. The highest BCUT2D eigenvalue weighted by atomic mass is 19.1. The zero-order chi connectivity index (χ0) is 21.8. The van der Waals surface area contributed by atoms with Gasteiger partial charge in [0.05, 0.1) is 29.0 Å². The summed E-state index contributed by atoms with van der Waals surface area (Å²) in [7, 11) is 1.75. The first-order valence-corrected chi connectivity index (χ1v) is 10.5. The zero-order valence-electron chi connectivity index (χ0n) is 17.5. The topological polar surface area (TPSA) is 121 Å². The predicted molar refractivity (Wildman–Crippen MR) is 120 cm³/mol. The largest absolute Gasteiger partial charge is 0.421 e. The van der Waals surface area contributed by atoms with E-state index in [0.717, 1.165) is 37.0 Å². The second kappa shape index (κ2) is 7.16. The van der Waals surface area contributed by atoms with Crippen LogP contribution >= 0.6 is 0 Å². The van der Waals surface area contributed by atoms with Crippen molar-refractivity contribution < 1.29 is 9.13 Å². The van der Waals surface area contributed by atoms with E-state index in [1.807, 2.05) is 4.90 Å². The Balaban J connectivity index is 1.48. The Kier molecular flexibility index (Phi) is 4.25. The van der Waals surface area contributed by atoms with E-state index in [1.54, 1.807) is 19.4 Å². The average Bonchev–Trinajstić information content (AvgIpc) is 3.45. The van der Waals surface area contributed by atoms with Gasteiger partial charge in [0, 0.05) is 44.7 Å². The van der Waals surface area contributed by atoms with Crippen molar-refractivity contribution in [3.63, 3.8) is 0 Å². The van der Waals surface area contributed by atoms with E-state index in [-0.39, 0.29) is 17.9 Å². The van der Waals surface area contributed by atoms with Gasteiger partial charge in [-0.15, -0.1) is 0 Å². The molecule has 10 nitrogen and oxygen atoms in total. The molecule has 3 aromatic heterocycles. The number of fused-ring (bicyclic) bond motifs is 3. The average molecular weight is 435 g/mol. The van der Waals surface area contributed by atoms with E-state index in [0.29, 0.717) is 40.8 Å². The second-order valence-electron chi connectivity index (χ2n) is 8.11. The van der Waals surface area contributed by atoms with Crippen molar-refractivity contribution in [2.75, 3.05) is 48.3 Å². The summed E-state index contributed by atoms with van der Waals surface area (Å²) in [6.07, 6.45) is 4.07. The number of nitrogens with two attached hydrogens (primary N) is 1. The third kappa shape index (κ3) is 3.21. The first-order valence-electron chi connectivity index (χ1n) is 10.5. The summed E-state index contributed by atoms with van der Waals surface area (Å²) in [6, 6.07) is 3.16. The molecule has 0 unspecified atom stereocenters. The van der Waals surface area contributed by atoms with Crippen LogP contribution in [0.4, 0.5) is 21.8 Å². The van der Waals surface area contributed by atoms with Crippen molar-refractivity contribution in [2.45, 2.75) is 12.5 Å². The number of hydrogen-bond acceptors (Lipinski definition) is 9. The maximum atomic E-state index is 14.4. The fourth-order valence-corrected chi connectivity index (χ4v) is 4.16. The Morgan fingerprint density at radius 1 is 1.16 bits per heavy atom. The van der Waals surface area contributed by atoms with Crippen LogP contribution in [0.5, 0.6) is 11.8 Å². The molecule has 4 N–H and O–H groups in total. The lowest BCUT2D eigenvalue weighted by atomic mass is 10.1. The first-order chi connectivity index (χ1) is 15.6. The predicted octanol–water partition coefficient (Wildman–Crippen LogP) is 2.23. The van der Waals surface area contributed by atoms with E-state index in [1.165, 1.54) is 12.1 Å². The van der Waals surface area contributed by atoms with E-state index < -0.39 is 0 Å². The summed E-state index contributed by atoms with van der Waals surface area (Å²) < 4.78 is 20.3. The molecule has 1 atom stereocenters. The third-order valence-corrected chi connectivity index (χ3v) is 5.83. The molecular weight excluding hydrogens is 413 g/mol. The van der Waals surface area contributed by atoms with Gasteiger partial charge in [-0.2, -0.15) is 9.97 Å². The highest BCUT2D eigenvalue weighted by molar-refractivity contribution is 6.14. The fourth-order valence-electron chi connectivity index (χ4n) is 4.16. The van der Waals surface area contributed by atoms with Gasteiger partial charge in [0.1, 0.15) is 17.3 Å². The molecule has 164 valence electrons. The molecule has 0 radical (unpaired) electrons. The van der Waals surface area contributed by atoms with Crippen LogP contribution < -0.4 is 25.6 Å². The van der Waals surface area contributed by atoms with Gasteiger partial charge < -0.3 is 30.6 Å². The molecular formula is C21H22FN9O. The Labute approximate surface area is 182 Å². The van der Waals surface area contributed by atoms with Gasteiger partial charge in [-0.3, -0.25) is 0 Å². The normalized spacial score (nSPS) is 18.0. The second-order valence-corrected chi connectivity index (χ2v) is 8.11. The fraction of sp³-hybridized carbons (Fsp3) is 0.333. The van der Waals surface area contributed by atoms with Crippen molar-refractivity contribution in [2.24, 2.45) is 5.73 Å². The molecule has 2 fully saturated rings. The maximum absolute atomic E-state index is 14.4. The quantitative estimate of drug-likeness (QED) is 0.405. The smallest absolute Gasteiger partial charge is 0.326 e. The summed E-state index contributed by atoms with van der Waals surface area (Å²) >= 11 is 0. The summed E-state index contributed by atoms with van der Waals surface area (Å²) in [5.74, 6) is 1.45. The van der Waals surface area contributed by atoms with Gasteiger partial charge in [-0.05, 0) is 18.6 Å². The lowest BCUT2D eigenvalue weighted by Gasteiger charge is -2.18. The Morgan fingerprint density at radius 2 is 1.97 bits per heavy atom. The van der Waals surface area contributed by atoms with Crippen LogP contribution in [-0.2, 0) is 0 Å². The Hall–Kier alpha value is -3.73. The van der Waals surface area contributed by atoms with Crippen LogP contribution in [0.25, 0.3) is 21.9 Å². The van der Waals surface area contributed by atoms with Crippen molar-refractivity contribution >= 4 is 39.4 Å². The minimum atomic E-state index is -0.337. The van der Waals surface area contributed by atoms with Gasteiger partial charge in [0.25, 0.3) is 0 Å². The summed E-state index contributed by atoms with van der Waals surface area (Å²) in [4.78, 5) is 25.4. The van der Waals surface area contributed by atoms with E-state index in [2.05, 4.69) is 30.2 Å². The molecule has 0 amide bonds. The summed E-state index contributed by atoms with van der Waals surface area (Å²) in [5, 5.41) is 4.48. The highest BCUT2D eigenvalue weighted by Crippen LogP contribution is 2.38. The van der Waals surface area contributed by atoms with E-state index >= 15 is 0 Å². The van der Waals surface area contributed by atoms with Crippen LogP contribution in [0.3, 0.4) is 0 Å². The van der Waals surface area contributed by atoms with E-state index in [4.69, 9.17) is 15.5 Å². The number of nitrogens with one attached hydrogen (secondary N) is 2. The number of nitrogens with zero attached hydrogens (tertiary/aromatic N) is 6. The van der Waals surface area contributed by atoms with Gasteiger partial charge in [-0.25, -0.2) is 14.4 Å². The lowest BCUT2D eigenvalue weighted by molar-refractivity contribution is 0.440. The van der Waals surface area contributed by atoms with E-state index in [9.17, 15) is 4.39 Å². The molecule has 32 heavy (non-hydrogen) atoms. The summed E-state index contributed by atoms with van der Waals surface area (Å²) in [5.41, 5.74) is 8.11. The highest BCUT2D eigenvalue weighted by Gasteiger charge is 2.26. The van der Waals surface area contributed by atoms with Crippen LogP contribution in [0.2, 0.25) is 0 Å². The number of benzene rings is 1. The van der Waals surface area contributed by atoms with Crippen molar-refractivity contribution in [1.29, 1.82) is 0 Å². The number of aromatic nitrogens is 5. The Bertz CT molecular complexity index is 1320. The van der Waals surface area contributed by atoms with Crippen LogP contribution in [0.1, 0.15) is 6.42 Å². The number of ether oxygens (including phenoxy) is 1. The number of aromatic amines is 1. The van der Waals surface area contributed by atoms with Gasteiger partial charge in [0.15, 0.2) is 5.75 Å². The molecule has 0 saturated carbocycles. The van der Waals surface area contributed by atoms with Crippen LogP contribution in [0, 0.1) is 5.82 Å². The third-order valence-electron chi connectivity index (χ3n) is 5.83. The Morgan fingerprint density at radius 3 is 2.66 bits per heavy atom. The molecule has 4 aromatic rings. The first kappa shape index (κ1) is 19.0. The standard InChI is InChI=1S/C21H22FN9O/c1-24-15-7-11(22)6-14-16-18(27-17(14)15)28-21(29-19(16)31-3-2-12(23)10-31)32-13-8-25-20(26-9-13)30-4-5-30/h6-9,12,24H,2-5,10,23H2,1H3,(H,27,28,29)/t12-/m0/s1. The maximum Gasteiger partial charge on any atom is 0.326 e. The van der Waals surface area contributed by atoms with Gasteiger partial charge >= 0.3 is 6.01 Å². The molecule has 0 spiro atoms. The molecule has 2 aliphatic heterocycles. The monoisotopic (exact) mass is 435 g/mol. The zero-order valence-corrected chi connectivity index (χ0v) is 17.5. The molecule has 5 heterocycles. The SMILES string of the molecule is CNc1cc(F)cc2c1[nH]c1nc(Oc3cnc(N4CC4)nc3)nc(N3CC[C@H](N)C3)c12. The van der Waals surface area contributed by atoms with Gasteiger partial charge in [-0.1, -0.05) is 0 Å². The minimum Gasteiger partial charge on any atom is -0.421 e. The lowest BCUT2D eigenvalue weighted by Crippen LogP contribution is -2.27. The minimum absolute atomic E-state index is 0.0533. The molecule has 1 aromatic carbocycles. The van der Waals surface area contributed by atoms with Crippen molar-refractivity contribution in [1.82, 2.24) is 24.9 Å². The number of H-pyrrole nitrogens is 1. The van der Waals surface area contributed by atoms with Crippen LogP contribution in [-0.4, -0.2) is 64.2 Å². The number of halogens is 1. The van der Waals surface area contributed by atoms with Gasteiger partial charge in [0.2, 0.25) is 5.95 Å². The molecule has 0 aliphatic carbocycles. The molecule has 0 bridgehead atoms. The van der Waals surface area contributed by atoms with Crippen molar-refractivity contribution in [3.05, 3.63) is 30.3 Å². The molecule has 2 aliphatic rings. The molecule has 2 saturated heterocycles. The van der Waals surface area contributed by atoms with Crippen molar-refractivity contribution in [3.8, 4) is 11.8 Å². The van der Waals surface area contributed by atoms with Crippen LogP contribution in [0.15, 0.2) is 24.5 Å². The number of anilines is 3. The number of rotatable bonds is 5. The molecule has 6 rings (SSSR count). The number of hydrogen-bond donors (Lipinski definition) is 3.